The van der Waals surface area contributed by atoms with Gasteiger partial charge in [-0.2, -0.15) is 0 Å². The molecular weight excluding hydrogens is 214 g/mol. The molecule has 1 aliphatic rings. The third-order valence-electron chi connectivity index (χ3n) is 2.85. The van der Waals surface area contributed by atoms with Crippen molar-refractivity contribution in [2.75, 3.05) is 0 Å². The number of aliphatic hydroxyl groups is 1. The molecule has 5 heteroatoms. The first-order valence-electron chi connectivity index (χ1n) is 4.87. The fourth-order valence-electron chi connectivity index (χ4n) is 1.80. The third-order valence-corrected chi connectivity index (χ3v) is 3.14. The van der Waals surface area contributed by atoms with Crippen molar-refractivity contribution >= 4 is 22.6 Å². The second-order valence-electron chi connectivity index (χ2n) is 4.10. The zero-order valence-electron chi connectivity index (χ0n) is 8.00. The Morgan fingerprint density at radius 3 is 3.00 bits per heavy atom. The van der Waals surface area contributed by atoms with E-state index in [-0.39, 0.29) is 0 Å². The Bertz CT molecular complexity index is 518. The summed E-state index contributed by atoms with van der Waals surface area (Å²) < 4.78 is 0. The molecule has 1 aliphatic carbocycles. The minimum atomic E-state index is -0.520. The molecule has 2 N–H and O–H groups in total. The van der Waals surface area contributed by atoms with Crippen molar-refractivity contribution in [3.05, 3.63) is 23.2 Å². The van der Waals surface area contributed by atoms with E-state index in [1.165, 1.54) is 6.33 Å². The number of halogens is 1. The van der Waals surface area contributed by atoms with Crippen LogP contribution in [-0.4, -0.2) is 25.7 Å². The van der Waals surface area contributed by atoms with Crippen molar-refractivity contribution in [2.24, 2.45) is 0 Å². The number of nitrogens with zero attached hydrogens (tertiary/aromatic N) is 2. The van der Waals surface area contributed by atoms with Crippen molar-refractivity contribution in [3.63, 3.8) is 0 Å². The lowest BCUT2D eigenvalue weighted by Gasteiger charge is -2.05. The van der Waals surface area contributed by atoms with Crippen molar-refractivity contribution in [1.29, 1.82) is 0 Å². The lowest BCUT2D eigenvalue weighted by molar-refractivity contribution is 0.151. The van der Waals surface area contributed by atoms with Gasteiger partial charge in [0.2, 0.25) is 0 Å². The largest absolute Gasteiger partial charge is 0.390 e. The summed E-state index contributed by atoms with van der Waals surface area (Å²) in [6, 6.07) is 0. The number of hydrogen-bond acceptors (Lipinski definition) is 3. The fraction of sp³-hybridized carbons (Fsp3) is 0.400. The van der Waals surface area contributed by atoms with E-state index in [0.717, 1.165) is 29.4 Å². The minimum Gasteiger partial charge on any atom is -0.390 e. The molecule has 2 aromatic rings. The molecule has 1 saturated carbocycles. The molecule has 0 aliphatic heterocycles. The zero-order valence-corrected chi connectivity index (χ0v) is 8.75. The van der Waals surface area contributed by atoms with Gasteiger partial charge in [0.15, 0.2) is 0 Å². The lowest BCUT2D eigenvalue weighted by atomic mass is 10.1. The Kier molecular flexibility index (Phi) is 1.78. The van der Waals surface area contributed by atoms with Crippen molar-refractivity contribution < 1.29 is 5.11 Å². The molecule has 3 rings (SSSR count). The SMILES string of the molecule is OC1(Cc2c[nH]c3ncnc(Cl)c23)CC1. The van der Waals surface area contributed by atoms with Gasteiger partial charge in [0.1, 0.15) is 17.1 Å². The summed E-state index contributed by atoms with van der Waals surface area (Å²) in [5.41, 5.74) is 1.21. The van der Waals surface area contributed by atoms with Gasteiger partial charge in [0, 0.05) is 12.6 Å². The van der Waals surface area contributed by atoms with E-state index < -0.39 is 5.60 Å². The van der Waals surface area contributed by atoms with Crippen LogP contribution in [0, 0.1) is 0 Å². The third kappa shape index (κ3) is 1.50. The predicted molar refractivity (Wildman–Crippen MR) is 56.8 cm³/mol. The molecule has 1 fully saturated rings. The second-order valence-corrected chi connectivity index (χ2v) is 4.46. The van der Waals surface area contributed by atoms with Gasteiger partial charge < -0.3 is 10.1 Å². The highest BCUT2D eigenvalue weighted by molar-refractivity contribution is 6.34. The number of hydrogen-bond donors (Lipinski definition) is 2. The Morgan fingerprint density at radius 2 is 2.27 bits per heavy atom. The van der Waals surface area contributed by atoms with Crippen LogP contribution in [0.3, 0.4) is 0 Å². The van der Waals surface area contributed by atoms with Crippen LogP contribution in [0.2, 0.25) is 5.15 Å². The van der Waals surface area contributed by atoms with Crippen molar-refractivity contribution in [1.82, 2.24) is 15.0 Å². The van der Waals surface area contributed by atoms with Crippen molar-refractivity contribution in [2.45, 2.75) is 24.9 Å². The Morgan fingerprint density at radius 1 is 1.47 bits per heavy atom. The lowest BCUT2D eigenvalue weighted by Crippen LogP contribution is -2.10. The molecule has 2 heterocycles. The molecule has 0 amide bonds. The Hall–Kier alpha value is -1.13. The van der Waals surface area contributed by atoms with E-state index in [1.807, 2.05) is 6.20 Å². The summed E-state index contributed by atoms with van der Waals surface area (Å²) in [7, 11) is 0. The first-order valence-corrected chi connectivity index (χ1v) is 5.25. The van der Waals surface area contributed by atoms with E-state index in [0.29, 0.717) is 11.6 Å². The number of fused-ring (bicyclic) bond motifs is 1. The summed E-state index contributed by atoms with van der Waals surface area (Å²) in [5.74, 6) is 0. The zero-order chi connectivity index (χ0) is 10.5. The highest BCUT2D eigenvalue weighted by Gasteiger charge is 2.40. The maximum Gasteiger partial charge on any atom is 0.142 e. The van der Waals surface area contributed by atoms with Crippen LogP contribution in [0.1, 0.15) is 18.4 Å². The van der Waals surface area contributed by atoms with Gasteiger partial charge in [-0.05, 0) is 18.4 Å². The van der Waals surface area contributed by atoms with E-state index >= 15 is 0 Å². The van der Waals surface area contributed by atoms with Gasteiger partial charge in [-0.25, -0.2) is 9.97 Å². The number of rotatable bonds is 2. The molecule has 0 atom stereocenters. The molecule has 0 bridgehead atoms. The van der Waals surface area contributed by atoms with Crippen LogP contribution >= 0.6 is 11.6 Å². The Labute approximate surface area is 91.3 Å². The van der Waals surface area contributed by atoms with Crippen molar-refractivity contribution in [3.8, 4) is 0 Å². The van der Waals surface area contributed by atoms with Gasteiger partial charge in [0.05, 0.1) is 11.0 Å². The Balaban J connectivity index is 2.10. The maximum atomic E-state index is 9.85. The molecule has 0 unspecified atom stereocenters. The van der Waals surface area contributed by atoms with Crippen LogP contribution in [0.5, 0.6) is 0 Å². The predicted octanol–water partition coefficient (Wildman–Crippen LogP) is 1.68. The number of H-pyrrole nitrogens is 1. The average molecular weight is 224 g/mol. The van der Waals surface area contributed by atoms with E-state index in [2.05, 4.69) is 15.0 Å². The standard InChI is InChI=1S/C10H10ClN3O/c11-8-7-6(3-10(15)1-2-10)4-12-9(7)14-5-13-8/h4-5,15H,1-3H2,(H,12,13,14). The van der Waals surface area contributed by atoms with Gasteiger partial charge in [0.25, 0.3) is 0 Å². The number of nitrogens with one attached hydrogen (secondary N) is 1. The highest BCUT2D eigenvalue weighted by atomic mass is 35.5. The van der Waals surface area contributed by atoms with E-state index in [4.69, 9.17) is 11.6 Å². The number of aromatic amines is 1. The van der Waals surface area contributed by atoms with Gasteiger partial charge in [-0.15, -0.1) is 0 Å². The first kappa shape index (κ1) is 9.12. The van der Waals surface area contributed by atoms with Crippen LogP contribution in [0.15, 0.2) is 12.5 Å². The van der Waals surface area contributed by atoms with Gasteiger partial charge >= 0.3 is 0 Å². The topological polar surface area (TPSA) is 61.8 Å². The van der Waals surface area contributed by atoms with E-state index in [1.54, 1.807) is 0 Å². The molecular formula is C10H10ClN3O. The van der Waals surface area contributed by atoms with Crippen LogP contribution in [0.25, 0.3) is 11.0 Å². The molecule has 78 valence electrons. The van der Waals surface area contributed by atoms with Gasteiger partial charge in [-0.3, -0.25) is 0 Å². The fourth-order valence-corrected chi connectivity index (χ4v) is 2.06. The van der Waals surface area contributed by atoms with Crippen LogP contribution in [0.4, 0.5) is 0 Å². The molecule has 0 radical (unpaired) electrons. The maximum absolute atomic E-state index is 9.85. The molecule has 2 aromatic heterocycles. The normalized spacial score (nSPS) is 18.3. The summed E-state index contributed by atoms with van der Waals surface area (Å²) >= 11 is 6.00. The summed E-state index contributed by atoms with van der Waals surface area (Å²) in [6.07, 6.45) is 5.63. The summed E-state index contributed by atoms with van der Waals surface area (Å²) in [6.45, 7) is 0. The summed E-state index contributed by atoms with van der Waals surface area (Å²) in [5, 5.41) is 11.1. The highest BCUT2D eigenvalue weighted by Crippen LogP contribution is 2.40. The smallest absolute Gasteiger partial charge is 0.142 e. The molecule has 0 aromatic carbocycles. The van der Waals surface area contributed by atoms with E-state index in [9.17, 15) is 5.11 Å². The van der Waals surface area contributed by atoms with Gasteiger partial charge in [-0.1, -0.05) is 11.6 Å². The quantitative estimate of drug-likeness (QED) is 0.762. The summed E-state index contributed by atoms with van der Waals surface area (Å²) in [4.78, 5) is 11.1. The first-order chi connectivity index (χ1) is 7.18. The van der Waals surface area contributed by atoms with Crippen LogP contribution in [-0.2, 0) is 6.42 Å². The molecule has 15 heavy (non-hydrogen) atoms. The minimum absolute atomic E-state index is 0.445. The molecule has 0 spiro atoms. The molecule has 0 saturated heterocycles. The molecule has 4 nitrogen and oxygen atoms in total. The average Bonchev–Trinajstić information content (AvgIpc) is 2.76. The number of aromatic nitrogens is 3. The monoisotopic (exact) mass is 223 g/mol. The second kappa shape index (κ2) is 2.93. The van der Waals surface area contributed by atoms with Crippen LogP contribution < -0.4 is 0 Å².